The predicted octanol–water partition coefficient (Wildman–Crippen LogP) is 0.421. The maximum atomic E-state index is 12.4. The summed E-state index contributed by atoms with van der Waals surface area (Å²) in [5.74, 6) is -5.46. The van der Waals surface area contributed by atoms with Gasteiger partial charge in [0, 0.05) is 81.9 Å². The molecule has 18 heteroatoms. The lowest BCUT2D eigenvalue weighted by molar-refractivity contribution is -0.302. The number of hydrogen-bond donors (Lipinski definition) is 0. The first kappa shape index (κ1) is 40.3. The van der Waals surface area contributed by atoms with Gasteiger partial charge in [-0.15, -0.1) is 0 Å². The summed E-state index contributed by atoms with van der Waals surface area (Å²) >= 11 is 0. The van der Waals surface area contributed by atoms with Crippen LogP contribution < -0.4 is 0 Å². The zero-order valence-electron chi connectivity index (χ0n) is 28.3. The minimum Gasteiger partial charge on any atom is -0.459 e. The number of esters is 7. The van der Waals surface area contributed by atoms with Crippen LogP contribution in [0.15, 0.2) is 0 Å². The molecular weight excluding hydrogens is 648 g/mol. The smallest absolute Gasteiger partial charge is 0.303 e. The Kier molecular flexibility index (Phi) is 15.6. The van der Waals surface area contributed by atoms with E-state index in [-0.39, 0.29) is 19.3 Å². The van der Waals surface area contributed by atoms with Gasteiger partial charge in [-0.05, 0) is 0 Å². The van der Waals surface area contributed by atoms with E-state index in [0.717, 1.165) is 41.5 Å². The van der Waals surface area contributed by atoms with E-state index >= 15 is 0 Å². The summed E-state index contributed by atoms with van der Waals surface area (Å²) in [6.07, 6.45) is -14.7. The van der Waals surface area contributed by atoms with E-state index in [2.05, 4.69) is 0 Å². The highest BCUT2D eigenvalue weighted by molar-refractivity contribution is 5.69. The van der Waals surface area contributed by atoms with Gasteiger partial charge in [-0.3, -0.25) is 33.6 Å². The largest absolute Gasteiger partial charge is 0.459 e. The van der Waals surface area contributed by atoms with Crippen molar-refractivity contribution in [1.29, 1.82) is 0 Å². The van der Waals surface area contributed by atoms with Gasteiger partial charge in [0.2, 0.25) is 0 Å². The van der Waals surface area contributed by atoms with Gasteiger partial charge in [-0.1, -0.05) is 0 Å². The third-order valence-corrected chi connectivity index (χ3v) is 7.07. The molecule has 2 aliphatic rings. The molecule has 2 aliphatic heterocycles. The molecule has 0 spiro atoms. The molecule has 2 rings (SSSR count). The van der Waals surface area contributed by atoms with Crippen LogP contribution >= 0.6 is 0 Å². The standard InChI is InChI=1S/C30H44O18/c1-13(31)40-20(10-22-26(43-16(4)34)24(42-15(3)33)12-25(38-8)47-22)21(41-14(2)32)11-23-27(44-17(5)35)28(45-18(6)36)29(46-19(7)37)30(39-9)48-23/h20-30H,10-12H2,1-9H3/t20-,21-,22-,23-,24-,25+,26-,27-,28+,29-,30+/m1/s1. The molecule has 2 heterocycles. The van der Waals surface area contributed by atoms with E-state index in [1.807, 2.05) is 0 Å². The minimum absolute atomic E-state index is 0.00441. The molecule has 0 unspecified atom stereocenters. The third kappa shape index (κ3) is 12.3. The van der Waals surface area contributed by atoms with Gasteiger partial charge in [-0.25, -0.2) is 0 Å². The predicted molar refractivity (Wildman–Crippen MR) is 154 cm³/mol. The van der Waals surface area contributed by atoms with Crippen molar-refractivity contribution < 1.29 is 85.7 Å². The number of ether oxygens (including phenoxy) is 11. The second-order valence-corrected chi connectivity index (χ2v) is 11.1. The van der Waals surface area contributed by atoms with E-state index in [1.165, 1.54) is 21.1 Å². The maximum absolute atomic E-state index is 12.4. The highest BCUT2D eigenvalue weighted by atomic mass is 16.7. The Morgan fingerprint density at radius 3 is 1.35 bits per heavy atom. The van der Waals surface area contributed by atoms with Crippen LogP contribution in [0.2, 0.25) is 0 Å². The van der Waals surface area contributed by atoms with Crippen LogP contribution in [0.5, 0.6) is 0 Å². The van der Waals surface area contributed by atoms with Gasteiger partial charge < -0.3 is 52.1 Å². The Morgan fingerprint density at radius 1 is 0.521 bits per heavy atom. The average Bonchev–Trinajstić information content (AvgIpc) is 2.94. The van der Waals surface area contributed by atoms with Crippen LogP contribution in [0.4, 0.5) is 0 Å². The third-order valence-electron chi connectivity index (χ3n) is 7.07. The molecule has 272 valence electrons. The van der Waals surface area contributed by atoms with Crippen molar-refractivity contribution in [3.05, 3.63) is 0 Å². The van der Waals surface area contributed by atoms with Crippen molar-refractivity contribution >= 4 is 41.8 Å². The Hall–Kier alpha value is -3.87. The normalized spacial score (nSPS) is 29.6. The number of rotatable bonds is 14. The molecule has 0 radical (unpaired) electrons. The maximum Gasteiger partial charge on any atom is 0.303 e. The molecule has 0 aromatic heterocycles. The van der Waals surface area contributed by atoms with Crippen molar-refractivity contribution in [2.24, 2.45) is 0 Å². The van der Waals surface area contributed by atoms with Crippen LogP contribution in [-0.2, 0) is 85.7 Å². The summed E-state index contributed by atoms with van der Waals surface area (Å²) in [7, 11) is 2.57. The van der Waals surface area contributed by atoms with Crippen molar-refractivity contribution in [3.63, 3.8) is 0 Å². The molecule has 0 aromatic rings. The molecule has 0 bridgehead atoms. The van der Waals surface area contributed by atoms with Gasteiger partial charge in [0.1, 0.15) is 30.5 Å². The summed E-state index contributed by atoms with van der Waals surface area (Å²) in [5.41, 5.74) is 0. The zero-order valence-corrected chi connectivity index (χ0v) is 28.3. The highest BCUT2D eigenvalue weighted by Crippen LogP contribution is 2.35. The topological polar surface area (TPSA) is 221 Å². The van der Waals surface area contributed by atoms with Crippen molar-refractivity contribution in [2.75, 3.05) is 14.2 Å². The molecule has 0 aliphatic carbocycles. The van der Waals surface area contributed by atoms with Gasteiger partial charge in [0.15, 0.2) is 37.0 Å². The second kappa shape index (κ2) is 18.6. The number of hydrogen-bond acceptors (Lipinski definition) is 18. The van der Waals surface area contributed by atoms with Gasteiger partial charge >= 0.3 is 41.8 Å². The monoisotopic (exact) mass is 692 g/mol. The first-order valence-corrected chi connectivity index (χ1v) is 15.0. The zero-order chi connectivity index (χ0) is 36.3. The molecule has 0 aromatic carbocycles. The lowest BCUT2D eigenvalue weighted by Gasteiger charge is -2.45. The fourth-order valence-electron chi connectivity index (χ4n) is 5.57. The number of carbonyl (C=O) groups is 7. The molecule has 18 nitrogen and oxygen atoms in total. The molecular formula is C30H44O18. The summed E-state index contributed by atoms with van der Waals surface area (Å²) in [6, 6.07) is 0. The lowest BCUT2D eigenvalue weighted by Crippen LogP contribution is -2.62. The van der Waals surface area contributed by atoms with Crippen molar-refractivity contribution in [1.82, 2.24) is 0 Å². The SMILES string of the molecule is CO[C@@H]1C[C@@H](OC(C)=O)[C@H](OC(C)=O)[C@@H](C[C@@H](OC(C)=O)[C@@H](C[C@H]2O[C@H](OC)[C@H](OC(C)=O)[C@@H](OC(C)=O)[C@@H]2OC(C)=O)OC(C)=O)O1. The van der Waals surface area contributed by atoms with E-state index in [9.17, 15) is 33.6 Å². The second-order valence-electron chi connectivity index (χ2n) is 11.1. The molecule has 0 saturated carbocycles. The summed E-state index contributed by atoms with van der Waals surface area (Å²) < 4.78 is 61.1. The first-order chi connectivity index (χ1) is 22.4. The van der Waals surface area contributed by atoms with Crippen LogP contribution in [0.3, 0.4) is 0 Å². The molecule has 2 saturated heterocycles. The fraction of sp³-hybridized carbons (Fsp3) is 0.767. The molecule has 2 fully saturated rings. The number of carbonyl (C=O) groups excluding carboxylic acids is 7. The summed E-state index contributed by atoms with van der Waals surface area (Å²) in [5, 5.41) is 0. The molecule has 48 heavy (non-hydrogen) atoms. The van der Waals surface area contributed by atoms with Crippen LogP contribution in [0, 0.1) is 0 Å². The average molecular weight is 693 g/mol. The van der Waals surface area contributed by atoms with Gasteiger partial charge in [0.25, 0.3) is 0 Å². The summed E-state index contributed by atoms with van der Waals surface area (Å²) in [4.78, 5) is 85.1. The minimum atomic E-state index is -1.45. The number of methoxy groups -OCH3 is 2. The van der Waals surface area contributed by atoms with E-state index < -0.39 is 109 Å². The summed E-state index contributed by atoms with van der Waals surface area (Å²) in [6.45, 7) is 7.76. The lowest BCUT2D eigenvalue weighted by atomic mass is 9.89. The molecule has 0 N–H and O–H groups in total. The van der Waals surface area contributed by atoms with Gasteiger partial charge in [0.05, 0.1) is 0 Å². The van der Waals surface area contributed by atoms with E-state index in [1.54, 1.807) is 0 Å². The van der Waals surface area contributed by atoms with E-state index in [4.69, 9.17) is 52.1 Å². The Morgan fingerprint density at radius 2 is 0.938 bits per heavy atom. The first-order valence-electron chi connectivity index (χ1n) is 15.0. The Bertz CT molecular complexity index is 1170. The van der Waals surface area contributed by atoms with Crippen LogP contribution in [0.25, 0.3) is 0 Å². The fourth-order valence-corrected chi connectivity index (χ4v) is 5.57. The van der Waals surface area contributed by atoms with Crippen molar-refractivity contribution in [3.8, 4) is 0 Å². The Balaban J connectivity index is 2.60. The highest BCUT2D eigenvalue weighted by Gasteiger charge is 2.54. The van der Waals surface area contributed by atoms with Crippen LogP contribution in [-0.4, -0.2) is 124 Å². The molecule has 11 atom stereocenters. The van der Waals surface area contributed by atoms with E-state index in [0.29, 0.717) is 0 Å². The quantitative estimate of drug-likeness (QED) is 0.178. The molecule has 0 amide bonds. The van der Waals surface area contributed by atoms with Gasteiger partial charge in [-0.2, -0.15) is 0 Å². The van der Waals surface area contributed by atoms with Crippen LogP contribution in [0.1, 0.15) is 67.7 Å². The Labute approximate surface area is 277 Å². The van der Waals surface area contributed by atoms with Crippen molar-refractivity contribution in [2.45, 2.75) is 135 Å².